The summed E-state index contributed by atoms with van der Waals surface area (Å²) in [6, 6.07) is 9.77. The Balaban J connectivity index is 1.82. The second-order valence-corrected chi connectivity index (χ2v) is 6.07. The third-order valence-electron chi connectivity index (χ3n) is 3.49. The summed E-state index contributed by atoms with van der Waals surface area (Å²) >= 11 is 3.28. The van der Waals surface area contributed by atoms with Gasteiger partial charge in [0.05, 0.1) is 5.56 Å². The van der Waals surface area contributed by atoms with Crippen LogP contribution in [0.5, 0.6) is 0 Å². The van der Waals surface area contributed by atoms with Crippen LogP contribution in [0, 0.1) is 0 Å². The highest BCUT2D eigenvalue weighted by molar-refractivity contribution is 9.10. The molecule has 0 unspecified atom stereocenters. The zero-order valence-electron chi connectivity index (χ0n) is 12.6. The molecular weight excluding hydrogens is 376 g/mol. The maximum absolute atomic E-state index is 12.3. The van der Waals surface area contributed by atoms with E-state index in [1.165, 1.54) is 6.07 Å². The molecule has 8 heteroatoms. The van der Waals surface area contributed by atoms with Crippen molar-refractivity contribution in [1.29, 1.82) is 0 Å². The molecule has 0 fully saturated rings. The van der Waals surface area contributed by atoms with Crippen molar-refractivity contribution in [2.75, 3.05) is 0 Å². The number of nitrogens with one attached hydrogen (secondary N) is 3. The summed E-state index contributed by atoms with van der Waals surface area (Å²) in [4.78, 5) is 38.8. The number of rotatable bonds is 2. The van der Waals surface area contributed by atoms with Gasteiger partial charge in [-0.15, -0.1) is 0 Å². The number of nitrogens with zero attached hydrogens (tertiary/aromatic N) is 1. The van der Waals surface area contributed by atoms with E-state index in [1.54, 1.807) is 48.1 Å². The Kier molecular flexibility index (Phi) is 4.22. The molecule has 0 aliphatic carbocycles. The van der Waals surface area contributed by atoms with Crippen LogP contribution in [-0.2, 0) is 7.05 Å². The number of aromatic nitrogens is 2. The van der Waals surface area contributed by atoms with Gasteiger partial charge < -0.3 is 9.55 Å². The van der Waals surface area contributed by atoms with E-state index in [2.05, 4.69) is 31.8 Å². The number of benzene rings is 1. The third-order valence-corrected chi connectivity index (χ3v) is 3.92. The van der Waals surface area contributed by atoms with Crippen molar-refractivity contribution in [2.45, 2.75) is 0 Å². The number of hydrogen-bond acceptors (Lipinski definition) is 3. The maximum atomic E-state index is 12.3. The Morgan fingerprint density at radius 1 is 1.12 bits per heavy atom. The van der Waals surface area contributed by atoms with E-state index in [9.17, 15) is 14.4 Å². The van der Waals surface area contributed by atoms with Crippen molar-refractivity contribution < 1.29 is 9.59 Å². The van der Waals surface area contributed by atoms with Crippen molar-refractivity contribution in [3.05, 3.63) is 68.7 Å². The van der Waals surface area contributed by atoms with E-state index in [1.807, 2.05) is 0 Å². The average Bonchev–Trinajstić information content (AvgIpc) is 2.90. The van der Waals surface area contributed by atoms with E-state index in [0.29, 0.717) is 16.6 Å². The number of amides is 2. The minimum absolute atomic E-state index is 0.183. The van der Waals surface area contributed by atoms with Crippen molar-refractivity contribution in [2.24, 2.45) is 7.05 Å². The Morgan fingerprint density at radius 2 is 1.83 bits per heavy atom. The number of carbonyl (C=O) groups is 2. The molecule has 3 rings (SSSR count). The van der Waals surface area contributed by atoms with Gasteiger partial charge in [-0.2, -0.15) is 0 Å². The van der Waals surface area contributed by atoms with E-state index in [4.69, 9.17) is 0 Å². The van der Waals surface area contributed by atoms with Crippen molar-refractivity contribution in [3.8, 4) is 0 Å². The number of para-hydroxylation sites is 1. The fourth-order valence-corrected chi connectivity index (χ4v) is 2.91. The predicted molar refractivity (Wildman–Crippen MR) is 92.6 cm³/mol. The molecule has 2 heterocycles. The lowest BCUT2D eigenvalue weighted by Crippen LogP contribution is -2.42. The van der Waals surface area contributed by atoms with Crippen LogP contribution in [0.1, 0.15) is 20.8 Å². The van der Waals surface area contributed by atoms with Crippen LogP contribution >= 0.6 is 15.9 Å². The van der Waals surface area contributed by atoms with Crippen molar-refractivity contribution in [3.63, 3.8) is 0 Å². The van der Waals surface area contributed by atoms with E-state index in [0.717, 1.165) is 4.47 Å². The number of pyridine rings is 1. The zero-order valence-corrected chi connectivity index (χ0v) is 14.2. The lowest BCUT2D eigenvalue weighted by molar-refractivity contribution is 0.0843. The van der Waals surface area contributed by atoms with E-state index < -0.39 is 17.4 Å². The molecule has 0 aliphatic rings. The first kappa shape index (κ1) is 16.0. The lowest BCUT2D eigenvalue weighted by atomic mass is 10.1. The highest BCUT2D eigenvalue weighted by Crippen LogP contribution is 2.15. The zero-order chi connectivity index (χ0) is 17.3. The van der Waals surface area contributed by atoms with Gasteiger partial charge in [0.15, 0.2) is 0 Å². The third kappa shape index (κ3) is 3.09. The van der Waals surface area contributed by atoms with Crippen LogP contribution in [0.3, 0.4) is 0 Å². The van der Waals surface area contributed by atoms with Crippen LogP contribution in [0.15, 0.2) is 51.9 Å². The summed E-state index contributed by atoms with van der Waals surface area (Å²) in [6.45, 7) is 0. The largest absolute Gasteiger partial charge is 0.345 e. The first-order valence-corrected chi connectivity index (χ1v) is 7.79. The Morgan fingerprint density at radius 3 is 2.54 bits per heavy atom. The molecule has 2 amide bonds. The van der Waals surface area contributed by atoms with Gasteiger partial charge in [0.25, 0.3) is 11.8 Å². The number of H-pyrrole nitrogens is 1. The van der Waals surface area contributed by atoms with Gasteiger partial charge in [-0.3, -0.25) is 25.2 Å². The molecular formula is C16H13BrN4O3. The van der Waals surface area contributed by atoms with Gasteiger partial charge in [-0.1, -0.05) is 18.2 Å². The minimum Gasteiger partial charge on any atom is -0.345 e. The molecule has 7 nitrogen and oxygen atoms in total. The van der Waals surface area contributed by atoms with Crippen LogP contribution < -0.4 is 16.4 Å². The Bertz CT molecular complexity index is 1010. The quantitative estimate of drug-likeness (QED) is 0.583. The molecule has 0 radical (unpaired) electrons. The average molecular weight is 389 g/mol. The number of carbonyl (C=O) groups excluding carboxylic acids is 2. The highest BCUT2D eigenvalue weighted by Gasteiger charge is 2.15. The van der Waals surface area contributed by atoms with Gasteiger partial charge in [-0.05, 0) is 28.1 Å². The molecule has 0 bridgehead atoms. The number of hydrogen-bond donors (Lipinski definition) is 3. The second-order valence-electron chi connectivity index (χ2n) is 5.16. The van der Waals surface area contributed by atoms with Gasteiger partial charge in [0.2, 0.25) is 5.56 Å². The standard InChI is InChI=1S/C16H13BrN4O3/c1-21-8-9(17)6-13(21)16(24)20-19-15(23)11-7-14(22)18-12-5-3-2-4-10(11)12/h2-8H,1H3,(H,18,22)(H,19,23)(H,20,24). The van der Waals surface area contributed by atoms with E-state index >= 15 is 0 Å². The molecule has 3 aromatic rings. The smallest absolute Gasteiger partial charge is 0.286 e. The topological polar surface area (TPSA) is 96.0 Å². The molecule has 0 atom stereocenters. The highest BCUT2D eigenvalue weighted by atomic mass is 79.9. The maximum Gasteiger partial charge on any atom is 0.286 e. The van der Waals surface area contributed by atoms with Gasteiger partial charge in [0.1, 0.15) is 5.69 Å². The molecule has 122 valence electrons. The SMILES string of the molecule is Cn1cc(Br)cc1C(=O)NNC(=O)c1cc(=O)[nH]c2ccccc12. The minimum atomic E-state index is -0.570. The van der Waals surface area contributed by atoms with Crippen LogP contribution in [0.4, 0.5) is 0 Å². The van der Waals surface area contributed by atoms with Crippen LogP contribution in [-0.4, -0.2) is 21.4 Å². The molecule has 2 aromatic heterocycles. The van der Waals surface area contributed by atoms with Gasteiger partial charge >= 0.3 is 0 Å². The Hall–Kier alpha value is -2.87. The summed E-state index contributed by atoms with van der Waals surface area (Å²) in [5.74, 6) is -1.04. The first-order chi connectivity index (χ1) is 11.5. The molecule has 0 saturated carbocycles. The molecule has 24 heavy (non-hydrogen) atoms. The van der Waals surface area contributed by atoms with Crippen molar-refractivity contribution in [1.82, 2.24) is 20.4 Å². The fraction of sp³-hybridized carbons (Fsp3) is 0.0625. The normalized spacial score (nSPS) is 10.6. The number of aryl methyl sites for hydroxylation is 1. The van der Waals surface area contributed by atoms with E-state index in [-0.39, 0.29) is 5.56 Å². The van der Waals surface area contributed by atoms with Crippen LogP contribution in [0.25, 0.3) is 10.9 Å². The summed E-state index contributed by atoms with van der Waals surface area (Å²) < 4.78 is 2.37. The van der Waals surface area contributed by atoms with Gasteiger partial charge in [0, 0.05) is 34.7 Å². The lowest BCUT2D eigenvalue weighted by Gasteiger charge is -2.09. The van der Waals surface area contributed by atoms with Crippen LogP contribution in [0.2, 0.25) is 0 Å². The summed E-state index contributed by atoms with van der Waals surface area (Å²) in [6.07, 6.45) is 1.72. The molecule has 1 aromatic carbocycles. The fourth-order valence-electron chi connectivity index (χ4n) is 2.39. The number of halogens is 1. The molecule has 0 spiro atoms. The first-order valence-electron chi connectivity index (χ1n) is 7.00. The van der Waals surface area contributed by atoms with Crippen molar-refractivity contribution >= 4 is 38.6 Å². The monoisotopic (exact) mass is 388 g/mol. The molecule has 3 N–H and O–H groups in total. The van der Waals surface area contributed by atoms with Gasteiger partial charge in [-0.25, -0.2) is 0 Å². The predicted octanol–water partition coefficient (Wildman–Crippen LogP) is 1.70. The number of fused-ring (bicyclic) bond motifs is 1. The molecule has 0 saturated heterocycles. The summed E-state index contributed by atoms with van der Waals surface area (Å²) in [7, 11) is 1.71. The Labute approximate surface area is 144 Å². The molecule has 0 aliphatic heterocycles. The second kappa shape index (κ2) is 6.32. The number of hydrazine groups is 1. The summed E-state index contributed by atoms with van der Waals surface area (Å²) in [5, 5.41) is 0.588. The number of aromatic amines is 1. The summed E-state index contributed by atoms with van der Waals surface area (Å²) in [5.41, 5.74) is 5.39.